The summed E-state index contributed by atoms with van der Waals surface area (Å²) in [6, 6.07) is 0.576. The van der Waals surface area contributed by atoms with E-state index in [1.165, 1.54) is 12.8 Å². The number of rotatable bonds is 1. The Bertz CT molecular complexity index is 298. The summed E-state index contributed by atoms with van der Waals surface area (Å²) in [6.07, 6.45) is 2.32. The molecule has 1 amide bonds. The molecule has 4 nitrogen and oxygen atoms in total. The van der Waals surface area contributed by atoms with Gasteiger partial charge in [-0.3, -0.25) is 0 Å². The Morgan fingerprint density at radius 2 is 2.00 bits per heavy atom. The molecule has 3 atom stereocenters. The van der Waals surface area contributed by atoms with Gasteiger partial charge in [0, 0.05) is 19.1 Å². The number of carbonyl (C=O) groups excluding carboxylic acids is 1. The first-order valence-electron chi connectivity index (χ1n) is 6.56. The lowest BCUT2D eigenvalue weighted by Gasteiger charge is -2.25. The van der Waals surface area contributed by atoms with Crippen molar-refractivity contribution in [3.8, 4) is 0 Å². The monoisotopic (exact) mass is 240 g/mol. The van der Waals surface area contributed by atoms with E-state index in [1.54, 1.807) is 0 Å². The summed E-state index contributed by atoms with van der Waals surface area (Å²) in [4.78, 5) is 13.8. The van der Waals surface area contributed by atoms with Crippen LogP contribution in [0.4, 0.5) is 4.79 Å². The van der Waals surface area contributed by atoms with Crippen molar-refractivity contribution in [2.75, 3.05) is 20.1 Å². The molecule has 1 aliphatic heterocycles. The Morgan fingerprint density at radius 3 is 2.59 bits per heavy atom. The van der Waals surface area contributed by atoms with Crippen LogP contribution in [0.15, 0.2) is 0 Å². The maximum atomic E-state index is 12.0. The average molecular weight is 240 g/mol. The summed E-state index contributed by atoms with van der Waals surface area (Å²) in [7, 11) is 2.02. The van der Waals surface area contributed by atoms with E-state index in [2.05, 4.69) is 5.32 Å². The fraction of sp³-hybridized carbons (Fsp3) is 0.923. The molecule has 0 aromatic carbocycles. The average Bonchev–Trinajstić information content (AvgIpc) is 2.72. The predicted molar refractivity (Wildman–Crippen MR) is 66.9 cm³/mol. The highest BCUT2D eigenvalue weighted by Crippen LogP contribution is 2.38. The van der Waals surface area contributed by atoms with Crippen LogP contribution in [0.3, 0.4) is 0 Å². The molecule has 0 aromatic rings. The number of hydrogen-bond donors (Lipinski definition) is 1. The molecule has 1 N–H and O–H groups in total. The summed E-state index contributed by atoms with van der Waals surface area (Å²) in [5, 5.41) is 3.36. The summed E-state index contributed by atoms with van der Waals surface area (Å²) in [6.45, 7) is 7.47. The molecule has 0 radical (unpaired) electrons. The molecule has 0 aromatic heterocycles. The maximum Gasteiger partial charge on any atom is 0.410 e. The van der Waals surface area contributed by atoms with E-state index in [4.69, 9.17) is 4.74 Å². The number of likely N-dealkylation sites (tertiary alicyclic amines) is 1. The lowest BCUT2D eigenvalue weighted by Crippen LogP contribution is -2.38. The molecule has 2 rings (SSSR count). The van der Waals surface area contributed by atoms with Crippen molar-refractivity contribution in [1.82, 2.24) is 10.2 Å². The van der Waals surface area contributed by atoms with Crippen LogP contribution in [0.2, 0.25) is 0 Å². The van der Waals surface area contributed by atoms with E-state index in [9.17, 15) is 4.79 Å². The Balaban J connectivity index is 1.92. The zero-order valence-corrected chi connectivity index (χ0v) is 11.3. The van der Waals surface area contributed by atoms with Gasteiger partial charge < -0.3 is 15.0 Å². The highest BCUT2D eigenvalue weighted by molar-refractivity contribution is 5.68. The fourth-order valence-corrected chi connectivity index (χ4v) is 3.10. The standard InChI is InChI=1S/C13H24N2O2/c1-13(2,3)17-12(16)15-7-9-5-6-11(14-4)10(9)8-15/h9-11,14H,5-8H2,1-4H3. The second-order valence-corrected chi connectivity index (χ2v) is 6.28. The van der Waals surface area contributed by atoms with Gasteiger partial charge in [0.15, 0.2) is 0 Å². The Hall–Kier alpha value is -0.770. The molecular weight excluding hydrogens is 216 g/mol. The van der Waals surface area contributed by atoms with Gasteiger partial charge in [0.05, 0.1) is 0 Å². The molecular formula is C13H24N2O2. The minimum atomic E-state index is -0.392. The molecule has 4 heteroatoms. The number of amides is 1. The third kappa shape index (κ3) is 2.73. The van der Waals surface area contributed by atoms with Gasteiger partial charge in [-0.2, -0.15) is 0 Å². The van der Waals surface area contributed by atoms with E-state index in [1.807, 2.05) is 32.7 Å². The Morgan fingerprint density at radius 1 is 1.29 bits per heavy atom. The molecule has 1 saturated carbocycles. The molecule has 1 heterocycles. The van der Waals surface area contributed by atoms with E-state index in [0.717, 1.165) is 13.1 Å². The van der Waals surface area contributed by atoms with Crippen LogP contribution < -0.4 is 5.32 Å². The molecule has 2 aliphatic rings. The second kappa shape index (κ2) is 4.48. The minimum absolute atomic E-state index is 0.151. The summed E-state index contributed by atoms with van der Waals surface area (Å²) < 4.78 is 5.42. The van der Waals surface area contributed by atoms with Gasteiger partial charge in [-0.25, -0.2) is 4.79 Å². The highest BCUT2D eigenvalue weighted by Gasteiger charge is 2.44. The van der Waals surface area contributed by atoms with Crippen LogP contribution in [0, 0.1) is 11.8 Å². The van der Waals surface area contributed by atoms with Crippen molar-refractivity contribution >= 4 is 6.09 Å². The summed E-state index contributed by atoms with van der Waals surface area (Å²) >= 11 is 0. The number of hydrogen-bond acceptors (Lipinski definition) is 3. The molecule has 0 bridgehead atoms. The number of nitrogens with zero attached hydrogens (tertiary/aromatic N) is 1. The summed E-state index contributed by atoms with van der Waals surface area (Å²) in [5.41, 5.74) is -0.392. The molecule has 98 valence electrons. The van der Waals surface area contributed by atoms with E-state index in [-0.39, 0.29) is 6.09 Å². The van der Waals surface area contributed by atoms with Gasteiger partial charge in [0.2, 0.25) is 0 Å². The van der Waals surface area contributed by atoms with Gasteiger partial charge in [-0.15, -0.1) is 0 Å². The SMILES string of the molecule is CNC1CCC2CN(C(=O)OC(C)(C)C)CC21. The van der Waals surface area contributed by atoms with Crippen LogP contribution in [0.25, 0.3) is 0 Å². The number of ether oxygens (including phenoxy) is 1. The van der Waals surface area contributed by atoms with Crippen molar-refractivity contribution in [2.45, 2.75) is 45.3 Å². The van der Waals surface area contributed by atoms with Crippen molar-refractivity contribution in [3.05, 3.63) is 0 Å². The number of nitrogens with one attached hydrogen (secondary N) is 1. The third-order valence-electron chi connectivity index (χ3n) is 3.88. The van der Waals surface area contributed by atoms with Crippen LogP contribution in [-0.4, -0.2) is 42.8 Å². The first kappa shape index (κ1) is 12.7. The van der Waals surface area contributed by atoms with Crippen LogP contribution in [0.1, 0.15) is 33.6 Å². The smallest absolute Gasteiger partial charge is 0.410 e. The molecule has 0 spiro atoms. The minimum Gasteiger partial charge on any atom is -0.444 e. The van der Waals surface area contributed by atoms with Gasteiger partial charge in [-0.05, 0) is 52.5 Å². The fourth-order valence-electron chi connectivity index (χ4n) is 3.10. The molecule has 1 aliphatic carbocycles. The number of carbonyl (C=O) groups is 1. The van der Waals surface area contributed by atoms with Crippen molar-refractivity contribution in [3.63, 3.8) is 0 Å². The van der Waals surface area contributed by atoms with Gasteiger partial charge in [0.25, 0.3) is 0 Å². The van der Waals surface area contributed by atoms with Crippen molar-refractivity contribution < 1.29 is 9.53 Å². The van der Waals surface area contributed by atoms with E-state index < -0.39 is 5.60 Å². The maximum absolute atomic E-state index is 12.0. The van der Waals surface area contributed by atoms with E-state index >= 15 is 0 Å². The van der Waals surface area contributed by atoms with Gasteiger partial charge >= 0.3 is 6.09 Å². The highest BCUT2D eigenvalue weighted by atomic mass is 16.6. The van der Waals surface area contributed by atoms with E-state index in [0.29, 0.717) is 17.9 Å². The van der Waals surface area contributed by atoms with Crippen molar-refractivity contribution in [2.24, 2.45) is 11.8 Å². The first-order chi connectivity index (χ1) is 7.90. The normalized spacial score (nSPS) is 32.7. The summed E-state index contributed by atoms with van der Waals surface area (Å²) in [5.74, 6) is 1.28. The zero-order chi connectivity index (χ0) is 12.6. The Labute approximate surface area is 104 Å². The first-order valence-corrected chi connectivity index (χ1v) is 6.56. The van der Waals surface area contributed by atoms with Crippen LogP contribution in [0.5, 0.6) is 0 Å². The largest absolute Gasteiger partial charge is 0.444 e. The molecule has 2 fully saturated rings. The van der Waals surface area contributed by atoms with Crippen molar-refractivity contribution in [1.29, 1.82) is 0 Å². The topological polar surface area (TPSA) is 41.6 Å². The van der Waals surface area contributed by atoms with Crippen LogP contribution in [-0.2, 0) is 4.74 Å². The molecule has 1 saturated heterocycles. The predicted octanol–water partition coefficient (Wildman–Crippen LogP) is 1.85. The van der Waals surface area contributed by atoms with Gasteiger partial charge in [-0.1, -0.05) is 0 Å². The molecule has 3 unspecified atom stereocenters. The second-order valence-electron chi connectivity index (χ2n) is 6.28. The quantitative estimate of drug-likeness (QED) is 0.760. The lowest BCUT2D eigenvalue weighted by molar-refractivity contribution is 0.0278. The zero-order valence-electron chi connectivity index (χ0n) is 11.3. The third-order valence-corrected chi connectivity index (χ3v) is 3.88. The Kier molecular flexibility index (Phi) is 3.34. The van der Waals surface area contributed by atoms with Crippen LogP contribution >= 0.6 is 0 Å². The van der Waals surface area contributed by atoms with Gasteiger partial charge in [0.1, 0.15) is 5.60 Å². The number of fused-ring (bicyclic) bond motifs is 1. The lowest BCUT2D eigenvalue weighted by atomic mass is 9.98. The molecule has 17 heavy (non-hydrogen) atoms.